The zero-order chi connectivity index (χ0) is 19.3. The largest absolute Gasteiger partial charge is 0.530 e. The highest BCUT2D eigenvalue weighted by Gasteiger charge is 2.18. The lowest BCUT2D eigenvalue weighted by Crippen LogP contribution is -2.41. The molecule has 0 heterocycles. The molecule has 0 radical (unpaired) electrons. The molecule has 140 valence electrons. The fourth-order valence-corrected chi connectivity index (χ4v) is 3.94. The number of rotatable bonds is 7. The number of nitrogens with one attached hydrogen (secondary N) is 1. The molecule has 0 spiro atoms. The monoisotopic (exact) mass is 415 g/mol. The predicted molar refractivity (Wildman–Crippen MR) is 101 cm³/mol. The number of hydrogen-bond acceptors (Lipinski definition) is 4. The normalized spacial score (nSPS) is 11.2. The minimum absolute atomic E-state index is 0.0500. The van der Waals surface area contributed by atoms with Crippen molar-refractivity contribution in [1.29, 1.82) is 0 Å². The molecule has 2 rings (SSSR count). The van der Waals surface area contributed by atoms with Crippen LogP contribution in [0.15, 0.2) is 47.4 Å². The molecular formula is C17H17Cl2N2O4S-. The van der Waals surface area contributed by atoms with Gasteiger partial charge in [-0.1, -0.05) is 42.6 Å². The highest BCUT2D eigenvalue weighted by Crippen LogP contribution is 2.32. The van der Waals surface area contributed by atoms with Gasteiger partial charge in [0.2, 0.25) is 0 Å². The smallest absolute Gasteiger partial charge is 0.261 e. The third-order valence-electron chi connectivity index (χ3n) is 3.61. The maximum Gasteiger partial charge on any atom is 0.261 e. The SMILES string of the molecule is CCCCN(C(=O)[O-])c1ccc(S(=O)(=O)Nc2c(Cl)cccc2Cl)cc1. The Hall–Kier alpha value is -1.96. The fraction of sp³-hybridized carbons (Fsp3) is 0.235. The predicted octanol–water partition coefficient (Wildman–Crippen LogP) is 3.74. The zero-order valence-electron chi connectivity index (χ0n) is 13.9. The highest BCUT2D eigenvalue weighted by atomic mass is 35.5. The van der Waals surface area contributed by atoms with Gasteiger partial charge in [0.05, 0.1) is 20.6 Å². The number of unbranched alkanes of at least 4 members (excludes halogenated alkanes) is 1. The summed E-state index contributed by atoms with van der Waals surface area (Å²) in [6, 6.07) is 10.1. The molecule has 0 aliphatic rings. The van der Waals surface area contributed by atoms with Crippen LogP contribution in [0.2, 0.25) is 10.0 Å². The molecule has 9 heteroatoms. The summed E-state index contributed by atoms with van der Waals surface area (Å²) in [6.07, 6.45) is 0.148. The fourth-order valence-electron chi connectivity index (χ4n) is 2.24. The molecule has 1 N–H and O–H groups in total. The first-order valence-corrected chi connectivity index (χ1v) is 10.1. The third-order valence-corrected chi connectivity index (χ3v) is 5.61. The second-order valence-electron chi connectivity index (χ2n) is 5.47. The van der Waals surface area contributed by atoms with E-state index in [1.165, 1.54) is 36.4 Å². The lowest BCUT2D eigenvalue weighted by Gasteiger charge is -2.25. The molecular weight excluding hydrogens is 399 g/mol. The summed E-state index contributed by atoms with van der Waals surface area (Å²) in [5, 5.41) is 11.6. The Kier molecular flexibility index (Phi) is 6.75. The minimum atomic E-state index is -3.94. The van der Waals surface area contributed by atoms with E-state index in [2.05, 4.69) is 4.72 Å². The van der Waals surface area contributed by atoms with E-state index in [-0.39, 0.29) is 27.2 Å². The highest BCUT2D eigenvalue weighted by molar-refractivity contribution is 7.92. The van der Waals surface area contributed by atoms with Crippen LogP contribution in [0.3, 0.4) is 0 Å². The molecule has 0 aliphatic carbocycles. The maximum atomic E-state index is 12.5. The molecule has 0 saturated heterocycles. The van der Waals surface area contributed by atoms with Gasteiger partial charge in [0, 0.05) is 12.2 Å². The van der Waals surface area contributed by atoms with E-state index in [1.54, 1.807) is 6.07 Å². The molecule has 0 saturated carbocycles. The van der Waals surface area contributed by atoms with Gasteiger partial charge in [-0.05, 0) is 42.8 Å². The third kappa shape index (κ3) is 4.81. The lowest BCUT2D eigenvalue weighted by atomic mass is 10.2. The lowest BCUT2D eigenvalue weighted by molar-refractivity contribution is -0.246. The van der Waals surface area contributed by atoms with Crippen LogP contribution < -0.4 is 14.7 Å². The Labute approximate surface area is 162 Å². The number of para-hydroxylation sites is 1. The van der Waals surface area contributed by atoms with E-state index in [0.29, 0.717) is 12.1 Å². The van der Waals surface area contributed by atoms with E-state index in [1.807, 2.05) is 6.92 Å². The van der Waals surface area contributed by atoms with E-state index in [9.17, 15) is 18.3 Å². The van der Waals surface area contributed by atoms with Crippen molar-refractivity contribution in [3.8, 4) is 0 Å². The number of benzene rings is 2. The summed E-state index contributed by atoms with van der Waals surface area (Å²) in [5.41, 5.74) is 0.424. The van der Waals surface area contributed by atoms with Crippen LogP contribution in [0.5, 0.6) is 0 Å². The van der Waals surface area contributed by atoms with Crippen molar-refractivity contribution in [2.75, 3.05) is 16.2 Å². The number of carbonyl (C=O) groups excluding carboxylic acids is 1. The van der Waals surface area contributed by atoms with Crippen LogP contribution in [0.4, 0.5) is 16.2 Å². The number of nitrogens with zero attached hydrogens (tertiary/aromatic N) is 1. The molecule has 0 aromatic heterocycles. The first-order valence-electron chi connectivity index (χ1n) is 7.81. The number of halogens is 2. The van der Waals surface area contributed by atoms with Crippen molar-refractivity contribution in [3.05, 3.63) is 52.5 Å². The molecule has 1 amide bonds. The Bertz CT molecular complexity index is 866. The quantitative estimate of drug-likeness (QED) is 0.745. The summed E-state index contributed by atoms with van der Waals surface area (Å²) >= 11 is 12.0. The molecule has 0 unspecified atom stereocenters. The molecule has 0 bridgehead atoms. The number of amides is 1. The standard InChI is InChI=1S/C17H18Cl2N2O4S/c1-2-3-11-21(17(22)23)12-7-9-13(10-8-12)26(24,25)20-16-14(18)5-4-6-15(16)19/h4-10,20H,2-3,11H2,1H3,(H,22,23)/p-1. The molecule has 6 nitrogen and oxygen atoms in total. The zero-order valence-corrected chi connectivity index (χ0v) is 16.2. The van der Waals surface area contributed by atoms with E-state index in [4.69, 9.17) is 23.2 Å². The average Bonchev–Trinajstić information content (AvgIpc) is 2.59. The van der Waals surface area contributed by atoms with Gasteiger partial charge in [0.15, 0.2) is 0 Å². The van der Waals surface area contributed by atoms with Gasteiger partial charge >= 0.3 is 0 Å². The van der Waals surface area contributed by atoms with Crippen molar-refractivity contribution in [3.63, 3.8) is 0 Å². The van der Waals surface area contributed by atoms with E-state index in [0.717, 1.165) is 11.3 Å². The molecule has 2 aromatic rings. The molecule has 0 atom stereocenters. The molecule has 26 heavy (non-hydrogen) atoms. The number of hydrogen-bond donors (Lipinski definition) is 1. The van der Waals surface area contributed by atoms with Crippen molar-refractivity contribution < 1.29 is 18.3 Å². The van der Waals surface area contributed by atoms with Gasteiger partial charge in [-0.3, -0.25) is 4.72 Å². The van der Waals surface area contributed by atoms with Crippen LogP contribution in [0.25, 0.3) is 0 Å². The van der Waals surface area contributed by atoms with Crippen LogP contribution in [-0.2, 0) is 10.0 Å². The first kappa shape index (κ1) is 20.4. The molecule has 0 fully saturated rings. The summed E-state index contributed by atoms with van der Waals surface area (Å²) in [5.74, 6) is 0. The van der Waals surface area contributed by atoms with Gasteiger partial charge < -0.3 is 14.8 Å². The summed E-state index contributed by atoms with van der Waals surface area (Å²) < 4.78 is 27.4. The van der Waals surface area contributed by atoms with Gasteiger partial charge in [-0.25, -0.2) is 8.42 Å². The van der Waals surface area contributed by atoms with Gasteiger partial charge in [-0.15, -0.1) is 0 Å². The number of carbonyl (C=O) groups is 1. The Morgan fingerprint density at radius 3 is 2.19 bits per heavy atom. The maximum absolute atomic E-state index is 12.5. The topological polar surface area (TPSA) is 89.5 Å². The van der Waals surface area contributed by atoms with Gasteiger partial charge in [-0.2, -0.15) is 0 Å². The van der Waals surface area contributed by atoms with E-state index < -0.39 is 16.1 Å². The summed E-state index contributed by atoms with van der Waals surface area (Å²) in [6.45, 7) is 2.22. The number of carboxylic acid groups (broad SMARTS) is 1. The van der Waals surface area contributed by atoms with Crippen LogP contribution in [0, 0.1) is 0 Å². The van der Waals surface area contributed by atoms with Crippen molar-refractivity contribution in [2.24, 2.45) is 0 Å². The van der Waals surface area contributed by atoms with Crippen molar-refractivity contribution in [1.82, 2.24) is 0 Å². The first-order chi connectivity index (χ1) is 12.3. The van der Waals surface area contributed by atoms with Crippen molar-refractivity contribution >= 4 is 50.7 Å². The second-order valence-corrected chi connectivity index (χ2v) is 7.96. The second kappa shape index (κ2) is 8.62. The Morgan fingerprint density at radius 1 is 1.12 bits per heavy atom. The Balaban J connectivity index is 2.27. The van der Waals surface area contributed by atoms with E-state index >= 15 is 0 Å². The van der Waals surface area contributed by atoms with Crippen LogP contribution in [0.1, 0.15) is 19.8 Å². The molecule has 2 aromatic carbocycles. The van der Waals surface area contributed by atoms with Gasteiger partial charge in [0.25, 0.3) is 10.0 Å². The Morgan fingerprint density at radius 2 is 1.69 bits per heavy atom. The summed E-state index contributed by atoms with van der Waals surface area (Å²) in [7, 11) is -3.94. The minimum Gasteiger partial charge on any atom is -0.530 e. The van der Waals surface area contributed by atoms with Crippen LogP contribution >= 0.6 is 23.2 Å². The van der Waals surface area contributed by atoms with Gasteiger partial charge in [0.1, 0.15) is 6.09 Å². The van der Waals surface area contributed by atoms with Crippen molar-refractivity contribution in [2.45, 2.75) is 24.7 Å². The number of sulfonamides is 1. The summed E-state index contributed by atoms with van der Waals surface area (Å²) in [4.78, 5) is 12.3. The average molecular weight is 416 g/mol. The molecule has 0 aliphatic heterocycles. The number of anilines is 2. The van der Waals surface area contributed by atoms with Crippen LogP contribution in [-0.4, -0.2) is 21.1 Å².